The van der Waals surface area contributed by atoms with E-state index in [0.29, 0.717) is 56.1 Å². The summed E-state index contributed by atoms with van der Waals surface area (Å²) in [6.07, 6.45) is 1.70. The summed E-state index contributed by atoms with van der Waals surface area (Å²) in [5.74, 6) is -0.193. The largest absolute Gasteiger partial charge is 0.379 e. The van der Waals surface area contributed by atoms with E-state index in [1.54, 1.807) is 21.7 Å². The van der Waals surface area contributed by atoms with Gasteiger partial charge in [-0.25, -0.2) is 4.98 Å². The monoisotopic (exact) mass is 479 g/mol. The number of carbonyl (C=O) groups excluding carboxylic acids is 1. The van der Waals surface area contributed by atoms with Crippen LogP contribution in [-0.4, -0.2) is 100 Å². The van der Waals surface area contributed by atoms with Crippen molar-refractivity contribution in [1.29, 1.82) is 5.41 Å². The van der Waals surface area contributed by atoms with Crippen LogP contribution >= 0.6 is 0 Å². The van der Waals surface area contributed by atoms with Crippen LogP contribution in [0.4, 0.5) is 0 Å². The molecule has 0 atom stereocenters. The molecule has 0 saturated carbocycles. The van der Waals surface area contributed by atoms with Crippen LogP contribution in [0.1, 0.15) is 22.8 Å². The topological polar surface area (TPSA) is 99.2 Å². The molecule has 2 saturated heterocycles. The van der Waals surface area contributed by atoms with Gasteiger partial charge in [0.2, 0.25) is 0 Å². The van der Waals surface area contributed by atoms with E-state index in [2.05, 4.69) is 16.7 Å². The molecule has 3 aromatic rings. The lowest BCUT2D eigenvalue weighted by atomic mass is 10.1. The highest BCUT2D eigenvalue weighted by Gasteiger charge is 2.25. The van der Waals surface area contributed by atoms with Gasteiger partial charge in [-0.1, -0.05) is 13.0 Å². The number of amides is 1. The zero-order chi connectivity index (χ0) is 24.5. The SMILES string of the molecule is CCN1CCN(C(=O)c2cc3c(=O)n4cccc(C)c4nc3n(CCN3CCOCC3)c2=N)CC1. The molecule has 0 radical (unpaired) electrons. The minimum absolute atomic E-state index is 0.110. The number of ether oxygens (including phenoxy) is 1. The number of hydrogen-bond acceptors (Lipinski definition) is 7. The second kappa shape index (κ2) is 9.88. The van der Waals surface area contributed by atoms with E-state index >= 15 is 0 Å². The van der Waals surface area contributed by atoms with Crippen molar-refractivity contribution in [3.63, 3.8) is 0 Å². The number of nitrogens with zero attached hydrogens (tertiary/aromatic N) is 6. The zero-order valence-corrected chi connectivity index (χ0v) is 20.5. The summed E-state index contributed by atoms with van der Waals surface area (Å²) >= 11 is 0. The van der Waals surface area contributed by atoms with Gasteiger partial charge in [-0.2, -0.15) is 0 Å². The van der Waals surface area contributed by atoms with Gasteiger partial charge in [0.1, 0.15) is 16.8 Å². The van der Waals surface area contributed by atoms with Crippen molar-refractivity contribution in [2.75, 3.05) is 65.6 Å². The average Bonchev–Trinajstić information content (AvgIpc) is 2.89. The van der Waals surface area contributed by atoms with Crippen molar-refractivity contribution >= 4 is 22.6 Å². The van der Waals surface area contributed by atoms with Gasteiger partial charge < -0.3 is 19.1 Å². The van der Waals surface area contributed by atoms with Gasteiger partial charge in [0.25, 0.3) is 11.5 Å². The number of pyridine rings is 2. The summed E-state index contributed by atoms with van der Waals surface area (Å²) in [5, 5.41) is 9.38. The first-order valence-electron chi connectivity index (χ1n) is 12.4. The maximum Gasteiger partial charge on any atom is 0.267 e. The van der Waals surface area contributed by atoms with Gasteiger partial charge in [0.05, 0.1) is 24.2 Å². The molecule has 2 aliphatic heterocycles. The molecule has 2 fully saturated rings. The van der Waals surface area contributed by atoms with Gasteiger partial charge in [-0.15, -0.1) is 0 Å². The first-order valence-corrected chi connectivity index (χ1v) is 12.4. The van der Waals surface area contributed by atoms with Gasteiger partial charge >= 0.3 is 0 Å². The molecule has 5 rings (SSSR count). The lowest BCUT2D eigenvalue weighted by molar-refractivity contribution is 0.0363. The van der Waals surface area contributed by atoms with Crippen molar-refractivity contribution < 1.29 is 9.53 Å². The van der Waals surface area contributed by atoms with Crippen LogP contribution in [0.25, 0.3) is 16.7 Å². The third kappa shape index (κ3) is 4.49. The maximum atomic E-state index is 13.6. The highest BCUT2D eigenvalue weighted by atomic mass is 16.5. The molecule has 0 aromatic carbocycles. The third-order valence-electron chi connectivity index (χ3n) is 7.21. The number of nitrogens with one attached hydrogen (secondary N) is 1. The summed E-state index contributed by atoms with van der Waals surface area (Å²) in [7, 11) is 0. The van der Waals surface area contributed by atoms with E-state index in [9.17, 15) is 9.59 Å². The molecule has 0 bridgehead atoms. The molecule has 1 N–H and O–H groups in total. The summed E-state index contributed by atoms with van der Waals surface area (Å²) in [6, 6.07) is 5.32. The minimum atomic E-state index is -0.223. The van der Waals surface area contributed by atoms with Crippen LogP contribution in [-0.2, 0) is 11.3 Å². The van der Waals surface area contributed by atoms with Crippen LogP contribution in [0.2, 0.25) is 0 Å². The quantitative estimate of drug-likeness (QED) is 0.537. The second-order valence-corrected chi connectivity index (χ2v) is 9.28. The molecule has 2 aliphatic rings. The summed E-state index contributed by atoms with van der Waals surface area (Å²) in [5.41, 5.74) is 2.05. The van der Waals surface area contributed by atoms with Crippen LogP contribution < -0.4 is 11.0 Å². The Kier molecular flexibility index (Phi) is 6.68. The number of fused-ring (bicyclic) bond motifs is 2. The lowest BCUT2D eigenvalue weighted by Gasteiger charge is -2.34. The van der Waals surface area contributed by atoms with Crippen LogP contribution in [0.3, 0.4) is 0 Å². The van der Waals surface area contributed by atoms with E-state index in [-0.39, 0.29) is 22.5 Å². The Morgan fingerprint density at radius 1 is 1.06 bits per heavy atom. The number of piperazine rings is 1. The number of morpholine rings is 1. The summed E-state index contributed by atoms with van der Waals surface area (Å²) in [6.45, 7) is 12.0. The highest BCUT2D eigenvalue weighted by molar-refractivity contribution is 5.97. The second-order valence-electron chi connectivity index (χ2n) is 9.28. The van der Waals surface area contributed by atoms with Gasteiger partial charge in [0.15, 0.2) is 0 Å². The first kappa shape index (κ1) is 23.7. The van der Waals surface area contributed by atoms with E-state index < -0.39 is 0 Å². The fourth-order valence-corrected chi connectivity index (χ4v) is 4.98. The standard InChI is InChI=1S/C25H33N7O3/c1-3-28-7-10-30(11-8-28)24(33)19-17-20-23(27-22-18(2)5-4-6-32(22)25(20)34)31(21(19)26)12-9-29-13-15-35-16-14-29/h4-6,17,26H,3,7-16H2,1-2H3. The fourth-order valence-electron chi connectivity index (χ4n) is 4.98. The van der Waals surface area contributed by atoms with Gasteiger partial charge in [0, 0.05) is 58.6 Å². The molecular weight excluding hydrogens is 446 g/mol. The normalized spacial score (nSPS) is 17.9. The smallest absolute Gasteiger partial charge is 0.267 e. The Bertz CT molecular complexity index is 1370. The molecule has 186 valence electrons. The number of aromatic nitrogens is 3. The summed E-state index contributed by atoms with van der Waals surface area (Å²) < 4.78 is 8.73. The zero-order valence-electron chi connectivity index (χ0n) is 20.5. The molecule has 0 unspecified atom stereocenters. The molecule has 1 amide bonds. The summed E-state index contributed by atoms with van der Waals surface area (Å²) in [4.78, 5) is 38.3. The Labute approximate surface area is 203 Å². The maximum absolute atomic E-state index is 13.6. The number of hydrogen-bond donors (Lipinski definition) is 1. The predicted octanol–water partition coefficient (Wildman–Crippen LogP) is 0.547. The first-order chi connectivity index (χ1) is 17.0. The molecule has 3 aromatic heterocycles. The number of rotatable bonds is 5. The minimum Gasteiger partial charge on any atom is -0.379 e. The van der Waals surface area contributed by atoms with E-state index in [0.717, 1.165) is 38.3 Å². The van der Waals surface area contributed by atoms with E-state index in [4.69, 9.17) is 15.1 Å². The third-order valence-corrected chi connectivity index (χ3v) is 7.21. The van der Waals surface area contributed by atoms with Crippen molar-refractivity contribution in [2.24, 2.45) is 0 Å². The fraction of sp³-hybridized carbons (Fsp3) is 0.520. The molecule has 0 aliphatic carbocycles. The lowest BCUT2D eigenvalue weighted by Crippen LogP contribution is -2.49. The Morgan fingerprint density at radius 2 is 1.80 bits per heavy atom. The number of carbonyl (C=O) groups is 1. The van der Waals surface area contributed by atoms with Crippen LogP contribution in [0.15, 0.2) is 29.2 Å². The number of likely N-dealkylation sites (N-methyl/N-ethyl adjacent to an activating group) is 1. The highest BCUT2D eigenvalue weighted by Crippen LogP contribution is 2.15. The van der Waals surface area contributed by atoms with Crippen LogP contribution in [0.5, 0.6) is 0 Å². The van der Waals surface area contributed by atoms with Gasteiger partial charge in [-0.05, 0) is 31.2 Å². The van der Waals surface area contributed by atoms with Crippen molar-refractivity contribution in [2.45, 2.75) is 20.4 Å². The molecule has 10 nitrogen and oxygen atoms in total. The Hall–Kier alpha value is -3.08. The number of aryl methyl sites for hydroxylation is 1. The molecule has 10 heteroatoms. The van der Waals surface area contributed by atoms with Gasteiger partial charge in [-0.3, -0.25) is 24.3 Å². The van der Waals surface area contributed by atoms with Crippen molar-refractivity contribution in [3.8, 4) is 0 Å². The average molecular weight is 480 g/mol. The molecular formula is C25H33N7O3. The van der Waals surface area contributed by atoms with Crippen LogP contribution in [0, 0.1) is 12.3 Å². The molecule has 35 heavy (non-hydrogen) atoms. The molecule has 0 spiro atoms. The predicted molar refractivity (Wildman–Crippen MR) is 133 cm³/mol. The van der Waals surface area contributed by atoms with Crippen molar-refractivity contribution in [1.82, 2.24) is 28.7 Å². The van der Waals surface area contributed by atoms with E-state index in [1.807, 2.05) is 19.1 Å². The molecule has 5 heterocycles. The Morgan fingerprint density at radius 3 is 2.51 bits per heavy atom. The van der Waals surface area contributed by atoms with Crippen molar-refractivity contribution in [3.05, 3.63) is 51.4 Å². The van der Waals surface area contributed by atoms with E-state index in [1.165, 1.54) is 4.40 Å². The Balaban J connectivity index is 1.62.